The van der Waals surface area contributed by atoms with Crippen molar-refractivity contribution < 1.29 is 18.8 Å². The molecule has 0 saturated carbocycles. The van der Waals surface area contributed by atoms with Gasteiger partial charge in [0.15, 0.2) is 0 Å². The summed E-state index contributed by atoms with van der Waals surface area (Å²) in [5.74, 6) is -0.762. The number of carbonyl (C=O) groups is 3. The molecule has 1 atom stereocenters. The first-order chi connectivity index (χ1) is 14.8. The quantitative estimate of drug-likeness (QED) is 0.633. The summed E-state index contributed by atoms with van der Waals surface area (Å²) in [5, 5.41) is 2.94. The molecule has 9 heteroatoms. The van der Waals surface area contributed by atoms with Gasteiger partial charge in [-0.05, 0) is 38.1 Å². The van der Waals surface area contributed by atoms with Crippen LogP contribution in [0.4, 0.5) is 14.9 Å². The number of urea groups is 1. The van der Waals surface area contributed by atoms with Crippen molar-refractivity contribution in [1.82, 2.24) is 20.0 Å². The van der Waals surface area contributed by atoms with Gasteiger partial charge in [0.2, 0.25) is 11.8 Å². The van der Waals surface area contributed by atoms with Crippen molar-refractivity contribution in [2.45, 2.75) is 32.7 Å². The molecule has 1 N–H and O–H groups in total. The zero-order valence-electron chi connectivity index (χ0n) is 18.6. The molecule has 8 nitrogen and oxygen atoms in total. The molecule has 0 aromatic heterocycles. The Balaban J connectivity index is 1.56. The van der Waals surface area contributed by atoms with Gasteiger partial charge < -0.3 is 20.0 Å². The molecule has 2 saturated heterocycles. The maximum atomic E-state index is 14.0. The molecule has 4 amide bonds. The average Bonchev–Trinajstić information content (AvgIpc) is 2.99. The van der Waals surface area contributed by atoms with Crippen LogP contribution < -0.4 is 10.2 Å². The molecule has 2 aliphatic heterocycles. The van der Waals surface area contributed by atoms with Gasteiger partial charge >= 0.3 is 6.03 Å². The van der Waals surface area contributed by atoms with Crippen LogP contribution in [0.2, 0.25) is 0 Å². The molecule has 1 aromatic carbocycles. The number of nitrogens with zero attached hydrogens (tertiary/aromatic N) is 4. The van der Waals surface area contributed by atoms with E-state index in [9.17, 15) is 18.8 Å². The second-order valence-corrected chi connectivity index (χ2v) is 8.20. The molecule has 2 heterocycles. The van der Waals surface area contributed by atoms with Crippen LogP contribution >= 0.6 is 0 Å². The molecular weight excluding hydrogens is 401 g/mol. The van der Waals surface area contributed by atoms with E-state index in [4.69, 9.17) is 0 Å². The second kappa shape index (κ2) is 10.1. The third-order valence-corrected chi connectivity index (χ3v) is 6.01. The Bertz CT molecular complexity index is 825. The van der Waals surface area contributed by atoms with Crippen molar-refractivity contribution in [2.75, 3.05) is 57.8 Å². The number of halogens is 1. The molecule has 0 aliphatic carbocycles. The molecule has 1 unspecified atom stereocenters. The molecule has 170 valence electrons. The number of carbonyl (C=O) groups excluding carboxylic acids is 3. The number of piperazine rings is 1. The number of benzene rings is 1. The minimum absolute atomic E-state index is 0.0803. The van der Waals surface area contributed by atoms with Crippen LogP contribution in [0.3, 0.4) is 0 Å². The average molecular weight is 434 g/mol. The topological polar surface area (TPSA) is 76.2 Å². The van der Waals surface area contributed by atoms with E-state index < -0.39 is 0 Å². The largest absolute Gasteiger partial charge is 0.369 e. The lowest BCUT2D eigenvalue weighted by atomic mass is 10.0. The van der Waals surface area contributed by atoms with Crippen LogP contribution in [-0.2, 0) is 9.59 Å². The van der Waals surface area contributed by atoms with Crippen LogP contribution in [0.1, 0.15) is 38.3 Å². The SMILES string of the molecule is CCN1CCN(c2ccc(F)cc2C(C)NC(=O)CCCN2C(=O)CN(C)C2=O)CC1. The van der Waals surface area contributed by atoms with Gasteiger partial charge in [0, 0.05) is 57.4 Å². The van der Waals surface area contributed by atoms with Crippen molar-refractivity contribution >= 4 is 23.5 Å². The van der Waals surface area contributed by atoms with Crippen LogP contribution in [0.5, 0.6) is 0 Å². The molecular formula is C22H32FN5O3. The summed E-state index contributed by atoms with van der Waals surface area (Å²) in [7, 11) is 1.58. The van der Waals surface area contributed by atoms with E-state index in [0.29, 0.717) is 6.42 Å². The van der Waals surface area contributed by atoms with E-state index >= 15 is 0 Å². The number of likely N-dealkylation sites (N-methyl/N-ethyl adjacent to an activating group) is 2. The summed E-state index contributed by atoms with van der Waals surface area (Å²) >= 11 is 0. The van der Waals surface area contributed by atoms with Gasteiger partial charge in [-0.2, -0.15) is 0 Å². The van der Waals surface area contributed by atoms with Crippen LogP contribution in [0.25, 0.3) is 0 Å². The standard InChI is InChI=1S/C22H32FN5O3/c1-4-26-10-12-27(13-11-26)19-8-7-17(23)14-18(19)16(2)24-20(29)6-5-9-28-21(30)15-25(3)22(28)31/h7-8,14,16H,4-6,9-13,15H2,1-3H3,(H,24,29). The van der Waals surface area contributed by atoms with E-state index in [0.717, 1.165) is 44.0 Å². The molecule has 1 aromatic rings. The zero-order chi connectivity index (χ0) is 22.5. The molecule has 3 rings (SSSR count). The number of nitrogens with one attached hydrogen (secondary N) is 1. The smallest absolute Gasteiger partial charge is 0.326 e. The minimum atomic E-state index is -0.358. The highest BCUT2D eigenvalue weighted by Gasteiger charge is 2.33. The summed E-state index contributed by atoms with van der Waals surface area (Å²) in [5.41, 5.74) is 1.70. The minimum Gasteiger partial charge on any atom is -0.369 e. The predicted octanol–water partition coefficient (Wildman–Crippen LogP) is 1.82. The van der Waals surface area contributed by atoms with E-state index in [1.165, 1.54) is 21.9 Å². The lowest BCUT2D eigenvalue weighted by Crippen LogP contribution is -2.46. The van der Waals surface area contributed by atoms with Crippen molar-refractivity contribution in [3.05, 3.63) is 29.6 Å². The third kappa shape index (κ3) is 5.52. The lowest BCUT2D eigenvalue weighted by Gasteiger charge is -2.37. The Hall–Kier alpha value is -2.68. The zero-order valence-corrected chi connectivity index (χ0v) is 18.6. The van der Waals surface area contributed by atoms with E-state index in [1.54, 1.807) is 13.1 Å². The summed E-state index contributed by atoms with van der Waals surface area (Å²) in [6.45, 7) is 8.94. The normalized spacial score (nSPS) is 18.6. The van der Waals surface area contributed by atoms with Gasteiger partial charge in [-0.3, -0.25) is 14.5 Å². The summed E-state index contributed by atoms with van der Waals surface area (Å²) < 4.78 is 14.0. The Morgan fingerprint density at radius 1 is 1.19 bits per heavy atom. The van der Waals surface area contributed by atoms with Crippen LogP contribution in [-0.4, -0.2) is 85.4 Å². The van der Waals surface area contributed by atoms with Gasteiger partial charge in [-0.25, -0.2) is 9.18 Å². The third-order valence-electron chi connectivity index (χ3n) is 6.01. The second-order valence-electron chi connectivity index (χ2n) is 8.20. The number of hydrogen-bond donors (Lipinski definition) is 1. The Labute approximate surface area is 182 Å². The maximum absolute atomic E-state index is 14.0. The number of amides is 4. The Morgan fingerprint density at radius 2 is 1.90 bits per heavy atom. The number of imide groups is 1. The fourth-order valence-electron chi connectivity index (χ4n) is 4.14. The maximum Gasteiger partial charge on any atom is 0.326 e. The molecule has 2 fully saturated rings. The van der Waals surface area contributed by atoms with Gasteiger partial charge in [-0.1, -0.05) is 6.92 Å². The Kier molecular flexibility index (Phi) is 7.48. The van der Waals surface area contributed by atoms with E-state index in [2.05, 4.69) is 22.0 Å². The molecule has 2 aliphatic rings. The lowest BCUT2D eigenvalue weighted by molar-refractivity contribution is -0.126. The fourth-order valence-corrected chi connectivity index (χ4v) is 4.14. The summed E-state index contributed by atoms with van der Waals surface area (Å²) in [4.78, 5) is 43.3. The van der Waals surface area contributed by atoms with Crippen molar-refractivity contribution in [3.63, 3.8) is 0 Å². The highest BCUT2D eigenvalue weighted by Crippen LogP contribution is 2.28. The monoisotopic (exact) mass is 433 g/mol. The van der Waals surface area contributed by atoms with Crippen molar-refractivity contribution in [2.24, 2.45) is 0 Å². The first-order valence-electron chi connectivity index (χ1n) is 10.9. The van der Waals surface area contributed by atoms with Gasteiger partial charge in [0.1, 0.15) is 12.4 Å². The molecule has 0 bridgehead atoms. The van der Waals surface area contributed by atoms with Crippen LogP contribution in [0, 0.1) is 5.82 Å². The highest BCUT2D eigenvalue weighted by molar-refractivity contribution is 6.01. The van der Waals surface area contributed by atoms with Gasteiger partial charge in [0.25, 0.3) is 0 Å². The molecule has 0 spiro atoms. The first-order valence-corrected chi connectivity index (χ1v) is 10.9. The van der Waals surface area contributed by atoms with E-state index in [1.807, 2.05) is 6.92 Å². The molecule has 31 heavy (non-hydrogen) atoms. The summed E-state index contributed by atoms with van der Waals surface area (Å²) in [6.07, 6.45) is 0.573. The van der Waals surface area contributed by atoms with Crippen molar-refractivity contribution in [3.8, 4) is 0 Å². The van der Waals surface area contributed by atoms with Crippen LogP contribution in [0.15, 0.2) is 18.2 Å². The Morgan fingerprint density at radius 3 is 2.52 bits per heavy atom. The van der Waals surface area contributed by atoms with E-state index in [-0.39, 0.29) is 49.2 Å². The van der Waals surface area contributed by atoms with Gasteiger partial charge in [0.05, 0.1) is 6.04 Å². The number of anilines is 1. The highest BCUT2D eigenvalue weighted by atomic mass is 19.1. The summed E-state index contributed by atoms with van der Waals surface area (Å²) in [6, 6.07) is 4.05. The predicted molar refractivity (Wildman–Crippen MR) is 116 cm³/mol. The van der Waals surface area contributed by atoms with Gasteiger partial charge in [-0.15, -0.1) is 0 Å². The number of hydrogen-bond acceptors (Lipinski definition) is 5. The molecule has 0 radical (unpaired) electrons. The fraction of sp³-hybridized carbons (Fsp3) is 0.591. The number of rotatable bonds is 8. The first kappa shape index (κ1) is 23.0. The van der Waals surface area contributed by atoms with Crippen molar-refractivity contribution in [1.29, 1.82) is 0 Å².